The Balaban J connectivity index is 2.21. The molecular formula is C18H22N4O4S. The van der Waals surface area contributed by atoms with E-state index in [2.05, 4.69) is 10.8 Å². The van der Waals surface area contributed by atoms with Gasteiger partial charge >= 0.3 is 0 Å². The first-order valence-corrected chi connectivity index (χ1v) is 10.1. The molecule has 1 aliphatic rings. The van der Waals surface area contributed by atoms with Gasteiger partial charge < -0.3 is 15.4 Å². The maximum atomic E-state index is 12.3. The summed E-state index contributed by atoms with van der Waals surface area (Å²) in [5.74, 6) is 1.54. The number of primary sulfonamides is 1. The lowest BCUT2D eigenvalue weighted by Gasteiger charge is -2.30. The summed E-state index contributed by atoms with van der Waals surface area (Å²) < 4.78 is 25.8. The smallest absolute Gasteiger partial charge is 0.238 e. The minimum Gasteiger partial charge on any atom is -0.393 e. The Morgan fingerprint density at radius 1 is 1.33 bits per heavy atom. The van der Waals surface area contributed by atoms with Crippen molar-refractivity contribution in [2.75, 3.05) is 13.1 Å². The average Bonchev–Trinajstić information content (AvgIpc) is 2.99. The number of nitrogens with two attached hydrogens (primary N) is 2. The van der Waals surface area contributed by atoms with Gasteiger partial charge in [-0.25, -0.2) is 13.6 Å². The maximum absolute atomic E-state index is 12.3. The molecule has 0 atom stereocenters. The topological polar surface area (TPSA) is 132 Å². The van der Waals surface area contributed by atoms with Crippen molar-refractivity contribution >= 4 is 26.7 Å². The van der Waals surface area contributed by atoms with Crippen molar-refractivity contribution in [3.63, 3.8) is 0 Å². The van der Waals surface area contributed by atoms with Crippen LogP contribution in [0.3, 0.4) is 0 Å². The summed E-state index contributed by atoms with van der Waals surface area (Å²) in [7, 11) is -3.99. The number of aliphatic hydroxyl groups excluding tert-OH is 1. The molecule has 0 bridgehead atoms. The predicted molar refractivity (Wildman–Crippen MR) is 101 cm³/mol. The number of carbonyl (C=O) groups excluding carboxylic acids is 1. The molecule has 1 fully saturated rings. The highest BCUT2D eigenvalue weighted by Gasteiger charge is 2.24. The fourth-order valence-electron chi connectivity index (χ4n) is 3.51. The Bertz CT molecular complexity index is 1030. The van der Waals surface area contributed by atoms with E-state index in [1.54, 1.807) is 6.07 Å². The molecule has 3 rings (SSSR count). The van der Waals surface area contributed by atoms with Crippen molar-refractivity contribution in [1.29, 1.82) is 0 Å². The number of hydrogen-bond acceptors (Lipinski definition) is 6. The van der Waals surface area contributed by atoms with Gasteiger partial charge in [0.05, 0.1) is 28.7 Å². The second-order valence-corrected chi connectivity index (χ2v) is 8.18. The highest BCUT2D eigenvalue weighted by Crippen LogP contribution is 2.30. The fourth-order valence-corrected chi connectivity index (χ4v) is 4.23. The number of hydrogen-bond donors (Lipinski definition) is 3. The number of benzene rings is 1. The third-order valence-electron chi connectivity index (χ3n) is 4.89. The van der Waals surface area contributed by atoms with E-state index in [9.17, 15) is 18.3 Å². The lowest BCUT2D eigenvalue weighted by molar-refractivity contribution is 0.0683. The van der Waals surface area contributed by atoms with Gasteiger partial charge in [0.15, 0.2) is 0 Å². The van der Waals surface area contributed by atoms with E-state index < -0.39 is 15.8 Å². The van der Waals surface area contributed by atoms with Gasteiger partial charge in [-0.1, -0.05) is 0 Å². The number of Topliss-reactive ketones (excluding diaryl/α,β-unsaturated/α-hetero) is 1. The summed E-state index contributed by atoms with van der Waals surface area (Å²) in [6.07, 6.45) is 6.27. The van der Waals surface area contributed by atoms with E-state index in [0.29, 0.717) is 49.2 Å². The zero-order chi connectivity index (χ0) is 19.8. The summed E-state index contributed by atoms with van der Waals surface area (Å²) in [5.41, 5.74) is 7.19. The number of likely N-dealkylation sites (tertiary alicyclic amines) is 1. The van der Waals surface area contributed by atoms with E-state index in [0.717, 1.165) is 0 Å². The fraction of sp³-hybridized carbons (Fsp3) is 0.389. The number of terminal acetylenes is 1. The molecule has 0 unspecified atom stereocenters. The molecule has 0 radical (unpaired) electrons. The van der Waals surface area contributed by atoms with E-state index >= 15 is 0 Å². The molecule has 9 heteroatoms. The molecule has 1 aromatic heterocycles. The Kier molecular flexibility index (Phi) is 5.37. The van der Waals surface area contributed by atoms with Gasteiger partial charge in [-0.3, -0.25) is 9.69 Å². The van der Waals surface area contributed by atoms with Crippen LogP contribution in [-0.2, 0) is 23.2 Å². The Hall–Kier alpha value is -2.22. The second kappa shape index (κ2) is 7.42. The van der Waals surface area contributed by atoms with Gasteiger partial charge in [0, 0.05) is 30.7 Å². The van der Waals surface area contributed by atoms with E-state index in [1.807, 2.05) is 4.57 Å². The van der Waals surface area contributed by atoms with Crippen molar-refractivity contribution in [2.24, 2.45) is 10.9 Å². The minimum atomic E-state index is -3.99. The molecule has 0 amide bonds. The van der Waals surface area contributed by atoms with Crippen molar-refractivity contribution in [2.45, 2.75) is 37.1 Å². The number of aromatic nitrogens is 1. The molecule has 27 heavy (non-hydrogen) atoms. The number of nitrogens with zero attached hydrogens (tertiary/aromatic N) is 2. The van der Waals surface area contributed by atoms with Crippen LogP contribution in [0.1, 0.15) is 28.9 Å². The molecule has 8 nitrogen and oxygen atoms in total. The zero-order valence-corrected chi connectivity index (χ0v) is 15.6. The molecule has 0 saturated carbocycles. The summed E-state index contributed by atoms with van der Waals surface area (Å²) in [4.78, 5) is 14.3. The summed E-state index contributed by atoms with van der Waals surface area (Å²) >= 11 is 0. The van der Waals surface area contributed by atoms with Gasteiger partial charge in [0.25, 0.3) is 0 Å². The highest BCUT2D eigenvalue weighted by atomic mass is 32.2. The normalized spacial score (nSPS) is 16.5. The largest absolute Gasteiger partial charge is 0.393 e. The molecule has 144 valence electrons. The third kappa shape index (κ3) is 3.76. The van der Waals surface area contributed by atoms with Crippen molar-refractivity contribution in [3.05, 3.63) is 29.5 Å². The molecular weight excluding hydrogens is 368 g/mol. The van der Waals surface area contributed by atoms with Crippen LogP contribution in [0.5, 0.6) is 0 Å². The lowest BCUT2D eigenvalue weighted by Crippen LogP contribution is -2.37. The van der Waals surface area contributed by atoms with Crippen molar-refractivity contribution < 1.29 is 18.3 Å². The number of fused-ring (bicyclic) bond motifs is 1. The molecule has 2 aromatic rings. The van der Waals surface area contributed by atoms with Gasteiger partial charge in [0.2, 0.25) is 15.8 Å². The predicted octanol–water partition coefficient (Wildman–Crippen LogP) is -0.0225. The third-order valence-corrected chi connectivity index (χ3v) is 5.86. The number of sulfonamides is 1. The molecule has 1 saturated heterocycles. The Morgan fingerprint density at radius 2 is 2.00 bits per heavy atom. The average molecular weight is 390 g/mol. The van der Waals surface area contributed by atoms with Gasteiger partial charge in [0.1, 0.15) is 0 Å². The van der Waals surface area contributed by atoms with E-state index in [-0.39, 0.29) is 23.1 Å². The van der Waals surface area contributed by atoms with Crippen molar-refractivity contribution in [3.8, 4) is 12.3 Å². The lowest BCUT2D eigenvalue weighted by atomic mass is 10.1. The number of rotatable bonds is 5. The quantitative estimate of drug-likeness (QED) is 0.373. The van der Waals surface area contributed by atoms with E-state index in [4.69, 9.17) is 17.3 Å². The molecule has 1 aliphatic heterocycles. The molecule has 0 aliphatic carbocycles. The van der Waals surface area contributed by atoms with Crippen LogP contribution in [0, 0.1) is 12.3 Å². The number of carbonyl (C=O) groups is 1. The Morgan fingerprint density at radius 3 is 2.56 bits per heavy atom. The van der Waals surface area contributed by atoms with Crippen LogP contribution in [0.4, 0.5) is 0 Å². The SMILES string of the molecule is C#CC(=O)c1ccc(S(N)(=O)=O)c2cc(CN)n(CN3CCC(O)CC3)c12. The molecule has 0 spiro atoms. The van der Waals surface area contributed by atoms with Gasteiger partial charge in [-0.15, -0.1) is 6.42 Å². The summed E-state index contributed by atoms with van der Waals surface area (Å²) in [6.45, 7) is 1.91. The standard InChI is InChI=1S/C18H22N4O4S/c1-2-16(24)14-3-4-17(27(20,25)26)15-9-12(10-19)22(18(14)15)11-21-7-5-13(23)6-8-21/h1,3-4,9,13,23H,5-8,10-11,19H2,(H2,20,25,26). The van der Waals surface area contributed by atoms with Gasteiger partial charge in [-0.05, 0) is 37.0 Å². The number of aliphatic hydroxyl groups is 1. The van der Waals surface area contributed by atoms with Crippen LogP contribution in [0.25, 0.3) is 10.9 Å². The van der Waals surface area contributed by atoms with Crippen LogP contribution in [0.15, 0.2) is 23.1 Å². The monoisotopic (exact) mass is 390 g/mol. The van der Waals surface area contributed by atoms with Crippen LogP contribution < -0.4 is 10.9 Å². The first kappa shape index (κ1) is 19.5. The van der Waals surface area contributed by atoms with E-state index in [1.165, 1.54) is 12.1 Å². The zero-order valence-electron chi connectivity index (χ0n) is 14.8. The molecule has 1 aromatic carbocycles. The molecule has 5 N–H and O–H groups in total. The highest BCUT2D eigenvalue weighted by molar-refractivity contribution is 7.89. The minimum absolute atomic E-state index is 0.0754. The second-order valence-electron chi connectivity index (χ2n) is 6.65. The van der Waals surface area contributed by atoms with Crippen LogP contribution in [-0.4, -0.2) is 48.0 Å². The van der Waals surface area contributed by atoms with Crippen LogP contribution in [0.2, 0.25) is 0 Å². The first-order chi connectivity index (χ1) is 12.8. The summed E-state index contributed by atoms with van der Waals surface area (Å²) in [5, 5.41) is 15.4. The number of piperidine rings is 1. The first-order valence-electron chi connectivity index (χ1n) is 8.55. The molecule has 2 heterocycles. The van der Waals surface area contributed by atoms with Crippen LogP contribution >= 0.6 is 0 Å². The Labute approximate surface area is 157 Å². The summed E-state index contributed by atoms with van der Waals surface area (Å²) in [6, 6.07) is 4.33. The maximum Gasteiger partial charge on any atom is 0.238 e. The van der Waals surface area contributed by atoms with Crippen molar-refractivity contribution in [1.82, 2.24) is 9.47 Å². The van der Waals surface area contributed by atoms with Gasteiger partial charge in [-0.2, -0.15) is 0 Å². The number of ketones is 1.